The number of aromatic nitrogens is 1. The molecule has 1 aromatic heterocycles. The predicted octanol–water partition coefficient (Wildman–Crippen LogP) is 0.810. The van der Waals surface area contributed by atoms with Gasteiger partial charge >= 0.3 is 0 Å². The summed E-state index contributed by atoms with van der Waals surface area (Å²) in [5.74, 6) is 0. The minimum atomic E-state index is -3.03. The first-order chi connectivity index (χ1) is 7.96. The number of hydrogen-bond acceptors (Lipinski definition) is 3. The molecule has 0 spiro atoms. The van der Waals surface area contributed by atoms with Crippen LogP contribution in [0.25, 0.3) is 0 Å². The van der Waals surface area contributed by atoms with Gasteiger partial charge in [-0.1, -0.05) is 0 Å². The zero-order valence-corrected chi connectivity index (χ0v) is 4.93. The zero-order valence-electron chi connectivity index (χ0n) is 12.9. The number of nitrogens with zero attached hydrogens (tertiary/aromatic N) is 1. The van der Waals surface area contributed by atoms with Crippen LogP contribution in [0.2, 0.25) is 0 Å². The number of nitrogen functional groups attached to an aromatic ring is 1. The van der Waals surface area contributed by atoms with Gasteiger partial charge in [-0.15, -0.1) is 0 Å². The number of pyridine rings is 1. The van der Waals surface area contributed by atoms with Crippen molar-refractivity contribution in [1.29, 1.82) is 0 Å². The lowest BCUT2D eigenvalue weighted by Gasteiger charge is -1.97. The topological polar surface area (TPSA) is 48.1 Å². The molecule has 1 rings (SSSR count). The number of hydrogen-bond donors (Lipinski definition) is 1. The van der Waals surface area contributed by atoms with Crippen molar-refractivity contribution in [2.75, 3.05) is 12.8 Å². The quantitative estimate of drug-likeness (QED) is 0.671. The van der Waals surface area contributed by atoms with E-state index in [1.165, 1.54) is 0 Å². The van der Waals surface area contributed by atoms with Gasteiger partial charge in [0.15, 0.2) is 0 Å². The largest absolute Gasteiger partial charge is 0.399 e. The van der Waals surface area contributed by atoms with Crippen LogP contribution in [0.4, 0.5) is 5.69 Å². The fraction of sp³-hybridized carbons (Fsp3) is 0.286. The van der Waals surface area contributed by atoms with Crippen LogP contribution in [0, 0.1) is 0 Å². The molecule has 0 aliphatic rings. The maximum atomic E-state index is 7.50. The average molecular weight is 146 g/mol. The number of rotatable bonds is 2. The molecule has 0 aliphatic carbocycles. The number of nitrogens with two attached hydrogens (primary N) is 1. The Bertz CT molecular complexity index is 471. The van der Waals surface area contributed by atoms with Gasteiger partial charge in [-0.3, -0.25) is 4.98 Å². The van der Waals surface area contributed by atoms with Crippen LogP contribution in [0.15, 0.2) is 18.3 Å². The molecule has 0 aromatic carbocycles. The van der Waals surface area contributed by atoms with E-state index in [2.05, 4.69) is 9.72 Å². The minimum Gasteiger partial charge on any atom is -0.399 e. The molecule has 3 nitrogen and oxygen atoms in total. The van der Waals surface area contributed by atoms with Crippen LogP contribution in [-0.2, 0) is 11.3 Å². The molecule has 1 aromatic rings. The summed E-state index contributed by atoms with van der Waals surface area (Å²) < 4.78 is 61.6. The highest BCUT2D eigenvalue weighted by atomic mass is 16.5. The summed E-state index contributed by atoms with van der Waals surface area (Å²) in [5.41, 5.74) is 4.15. The number of anilines is 1. The minimum absolute atomic E-state index is 0.456. The molecule has 0 saturated carbocycles. The van der Waals surface area contributed by atoms with Crippen molar-refractivity contribution in [3.63, 3.8) is 0 Å². The molecule has 0 bridgehead atoms. The Morgan fingerprint density at radius 3 is 3.80 bits per heavy atom. The Hall–Kier alpha value is -1.09. The second-order valence-corrected chi connectivity index (χ2v) is 1.44. The Kier molecular flexibility index (Phi) is 0.619. The van der Waals surface area contributed by atoms with E-state index in [-0.39, 0.29) is 0 Å². The van der Waals surface area contributed by atoms with Crippen molar-refractivity contribution in [3.05, 3.63) is 24.0 Å². The maximum absolute atomic E-state index is 7.50. The molecule has 1 heterocycles. The van der Waals surface area contributed by atoms with Gasteiger partial charge in [0.05, 0.1) is 23.2 Å². The SMILES string of the molecule is [2H]c1nc(C([2H])([2H])OC([2H])([2H])[2H])c([2H])c(N)c1[2H]. The molecule has 0 saturated heterocycles. The van der Waals surface area contributed by atoms with Crippen LogP contribution >= 0.6 is 0 Å². The summed E-state index contributed by atoms with van der Waals surface area (Å²) in [6.45, 7) is -2.90. The first-order valence-corrected chi connectivity index (χ1v) is 2.39. The summed E-state index contributed by atoms with van der Waals surface area (Å²) in [6, 6.07) is -1.18. The average Bonchev–Trinajstić information content (AvgIpc) is 2.16. The standard InChI is InChI=1S/C7H10N2O/c1-10-5-7-4-6(8)2-3-9-7/h2-4H,5H2,1H3,(H2,8,9)/i1D3,2D,3D,4D,5D2. The Labute approximate surface area is 71.1 Å². The smallest absolute Gasteiger partial charge is 0.0884 e. The molecule has 3 heteroatoms. The van der Waals surface area contributed by atoms with Crippen molar-refractivity contribution < 1.29 is 15.7 Å². The third-order valence-electron chi connectivity index (χ3n) is 0.759. The van der Waals surface area contributed by atoms with Crippen LogP contribution < -0.4 is 5.73 Å². The van der Waals surface area contributed by atoms with Crippen LogP contribution in [0.1, 0.15) is 16.7 Å². The first-order valence-electron chi connectivity index (χ1n) is 6.39. The summed E-state index contributed by atoms with van der Waals surface area (Å²) in [6.07, 6.45) is -0.656. The second-order valence-electron chi connectivity index (χ2n) is 1.44. The predicted molar refractivity (Wildman–Crippen MR) is 39.4 cm³/mol. The fourth-order valence-corrected chi connectivity index (χ4v) is 0.428. The van der Waals surface area contributed by atoms with Crippen LogP contribution in [0.5, 0.6) is 0 Å². The van der Waals surface area contributed by atoms with Crippen molar-refractivity contribution in [2.24, 2.45) is 0 Å². The van der Waals surface area contributed by atoms with E-state index < -0.39 is 43.2 Å². The maximum Gasteiger partial charge on any atom is 0.0884 e. The number of methoxy groups -OCH3 is 1. The first kappa shape index (κ1) is 1.95. The van der Waals surface area contributed by atoms with E-state index in [1.54, 1.807) is 0 Å². The molecular weight excluding hydrogens is 128 g/mol. The highest BCUT2D eigenvalue weighted by Gasteiger charge is 1.91. The molecule has 0 amide bonds. The van der Waals surface area contributed by atoms with E-state index in [9.17, 15) is 0 Å². The molecule has 0 unspecified atom stereocenters. The molecule has 54 valence electrons. The van der Waals surface area contributed by atoms with Gasteiger partial charge < -0.3 is 10.5 Å². The van der Waals surface area contributed by atoms with Gasteiger partial charge in [0, 0.05) is 18.9 Å². The molecule has 10 heavy (non-hydrogen) atoms. The molecule has 0 fully saturated rings. The van der Waals surface area contributed by atoms with Gasteiger partial charge in [-0.2, -0.15) is 0 Å². The summed E-state index contributed by atoms with van der Waals surface area (Å²) in [5, 5.41) is 0. The molecule has 0 atom stereocenters. The molecule has 0 radical (unpaired) electrons. The van der Waals surface area contributed by atoms with E-state index in [1.807, 2.05) is 0 Å². The summed E-state index contributed by atoms with van der Waals surface area (Å²) in [4.78, 5) is 3.35. The lowest BCUT2D eigenvalue weighted by molar-refractivity contribution is 0.181. The van der Waals surface area contributed by atoms with E-state index in [0.29, 0.717) is 0 Å². The highest BCUT2D eigenvalue weighted by molar-refractivity contribution is 5.36. The Morgan fingerprint density at radius 2 is 3.00 bits per heavy atom. The van der Waals surface area contributed by atoms with E-state index >= 15 is 0 Å². The van der Waals surface area contributed by atoms with E-state index in [4.69, 9.17) is 16.7 Å². The third kappa shape index (κ3) is 1.70. The van der Waals surface area contributed by atoms with Gasteiger partial charge in [0.1, 0.15) is 0 Å². The van der Waals surface area contributed by atoms with Crippen molar-refractivity contribution in [1.82, 2.24) is 4.98 Å². The van der Waals surface area contributed by atoms with Crippen LogP contribution in [0.3, 0.4) is 0 Å². The van der Waals surface area contributed by atoms with E-state index in [0.717, 1.165) is 0 Å². The van der Waals surface area contributed by atoms with Crippen molar-refractivity contribution in [2.45, 2.75) is 6.56 Å². The second kappa shape index (κ2) is 3.17. The lowest BCUT2D eigenvalue weighted by Crippen LogP contribution is -1.93. The Morgan fingerprint density at radius 1 is 2.10 bits per heavy atom. The van der Waals surface area contributed by atoms with Gasteiger partial charge in [-0.05, 0) is 12.1 Å². The normalized spacial score (nSPS) is 24.0. The monoisotopic (exact) mass is 146 g/mol. The third-order valence-corrected chi connectivity index (χ3v) is 0.759. The number of ether oxygens (including phenoxy) is 1. The lowest BCUT2D eigenvalue weighted by atomic mass is 10.3. The zero-order chi connectivity index (χ0) is 14.3. The molecule has 0 aliphatic heterocycles. The highest BCUT2D eigenvalue weighted by Crippen LogP contribution is 2.02. The Balaban J connectivity index is 3.33. The van der Waals surface area contributed by atoms with Crippen molar-refractivity contribution >= 4 is 5.69 Å². The van der Waals surface area contributed by atoms with Gasteiger partial charge in [-0.25, -0.2) is 0 Å². The van der Waals surface area contributed by atoms with Crippen LogP contribution in [-0.4, -0.2) is 12.0 Å². The van der Waals surface area contributed by atoms with Gasteiger partial charge in [0.2, 0.25) is 0 Å². The molecule has 2 N–H and O–H groups in total. The van der Waals surface area contributed by atoms with Gasteiger partial charge in [0.25, 0.3) is 0 Å². The summed E-state index contributed by atoms with van der Waals surface area (Å²) in [7, 11) is -3.03. The fourth-order valence-electron chi connectivity index (χ4n) is 0.428. The molecular formula is C7H10N2O. The summed E-state index contributed by atoms with van der Waals surface area (Å²) >= 11 is 0. The van der Waals surface area contributed by atoms with Crippen molar-refractivity contribution in [3.8, 4) is 0 Å².